The van der Waals surface area contributed by atoms with Crippen molar-refractivity contribution in [2.45, 2.75) is 31.7 Å². The van der Waals surface area contributed by atoms with Crippen molar-refractivity contribution < 1.29 is 4.79 Å². The first-order chi connectivity index (χ1) is 10.3. The molecule has 2 aromatic carbocycles. The van der Waals surface area contributed by atoms with Gasteiger partial charge in [0.05, 0.1) is 5.41 Å². The fourth-order valence-corrected chi connectivity index (χ4v) is 2.94. The van der Waals surface area contributed by atoms with Crippen molar-refractivity contribution in [2.24, 2.45) is 0 Å². The van der Waals surface area contributed by atoms with Crippen LogP contribution in [0.5, 0.6) is 0 Å². The maximum absolute atomic E-state index is 13.0. The summed E-state index contributed by atoms with van der Waals surface area (Å²) in [7, 11) is 0. The quantitative estimate of drug-likeness (QED) is 0.816. The molecule has 2 aromatic rings. The van der Waals surface area contributed by atoms with Crippen molar-refractivity contribution >= 4 is 5.91 Å². The highest BCUT2D eigenvalue weighted by atomic mass is 16.2. The molecule has 0 saturated heterocycles. The van der Waals surface area contributed by atoms with E-state index in [0.717, 1.165) is 19.4 Å². The molecule has 1 saturated carbocycles. The van der Waals surface area contributed by atoms with Crippen molar-refractivity contribution in [2.75, 3.05) is 6.54 Å². The van der Waals surface area contributed by atoms with Crippen molar-refractivity contribution in [3.63, 3.8) is 0 Å². The lowest BCUT2D eigenvalue weighted by Gasteiger charge is -2.26. The van der Waals surface area contributed by atoms with Gasteiger partial charge in [-0.15, -0.1) is 0 Å². The van der Waals surface area contributed by atoms with Crippen LogP contribution in [0, 0.1) is 0 Å². The second kappa shape index (κ2) is 5.72. The van der Waals surface area contributed by atoms with Gasteiger partial charge in [-0.2, -0.15) is 0 Å². The Morgan fingerprint density at radius 1 is 1.00 bits per heavy atom. The Kier molecular flexibility index (Phi) is 3.78. The predicted molar refractivity (Wildman–Crippen MR) is 84.9 cm³/mol. The summed E-state index contributed by atoms with van der Waals surface area (Å²) in [5.74, 6) is 0.278. The van der Waals surface area contributed by atoms with E-state index in [1.165, 1.54) is 11.1 Å². The Hall–Kier alpha value is -2.09. The summed E-state index contributed by atoms with van der Waals surface area (Å²) in [5.41, 5.74) is 2.10. The summed E-state index contributed by atoms with van der Waals surface area (Å²) in [5, 5.41) is 0. The fraction of sp³-hybridized carbons (Fsp3) is 0.316. The Balaban J connectivity index is 1.80. The second-order valence-corrected chi connectivity index (χ2v) is 5.75. The first kappa shape index (κ1) is 13.9. The number of amides is 1. The number of hydrogen-bond donors (Lipinski definition) is 0. The minimum absolute atomic E-state index is 0.258. The average Bonchev–Trinajstić information content (AvgIpc) is 3.36. The van der Waals surface area contributed by atoms with Gasteiger partial charge in [0.2, 0.25) is 5.91 Å². The predicted octanol–water partition coefficient (Wildman–Crippen LogP) is 3.77. The Labute approximate surface area is 126 Å². The van der Waals surface area contributed by atoms with Crippen molar-refractivity contribution in [3.05, 3.63) is 71.8 Å². The fourth-order valence-electron chi connectivity index (χ4n) is 2.94. The lowest BCUT2D eigenvalue weighted by Crippen LogP contribution is -2.38. The van der Waals surface area contributed by atoms with Crippen LogP contribution in [0.3, 0.4) is 0 Å². The first-order valence-corrected chi connectivity index (χ1v) is 7.65. The molecule has 1 fully saturated rings. The monoisotopic (exact) mass is 279 g/mol. The topological polar surface area (TPSA) is 20.3 Å². The number of carbonyl (C=O) groups is 1. The zero-order chi connectivity index (χ0) is 14.7. The van der Waals surface area contributed by atoms with Gasteiger partial charge in [-0.1, -0.05) is 60.7 Å². The molecular formula is C19H21NO. The minimum atomic E-state index is -0.258. The maximum Gasteiger partial charge on any atom is 0.233 e. The van der Waals surface area contributed by atoms with E-state index in [2.05, 4.69) is 31.2 Å². The van der Waals surface area contributed by atoms with E-state index in [0.29, 0.717) is 6.54 Å². The van der Waals surface area contributed by atoms with E-state index in [4.69, 9.17) is 0 Å². The van der Waals surface area contributed by atoms with Gasteiger partial charge >= 0.3 is 0 Å². The van der Waals surface area contributed by atoms with E-state index >= 15 is 0 Å². The van der Waals surface area contributed by atoms with E-state index in [-0.39, 0.29) is 11.3 Å². The molecule has 1 amide bonds. The number of carbonyl (C=O) groups excluding carboxylic acids is 1. The van der Waals surface area contributed by atoms with Crippen LogP contribution in [-0.4, -0.2) is 17.4 Å². The summed E-state index contributed by atoms with van der Waals surface area (Å²) in [4.78, 5) is 15.0. The third-order valence-corrected chi connectivity index (χ3v) is 4.37. The van der Waals surface area contributed by atoms with Crippen LogP contribution in [0.2, 0.25) is 0 Å². The molecule has 108 valence electrons. The van der Waals surface area contributed by atoms with Crippen LogP contribution in [0.4, 0.5) is 0 Å². The van der Waals surface area contributed by atoms with Gasteiger partial charge in [-0.3, -0.25) is 4.79 Å². The number of rotatable bonds is 5. The highest BCUT2D eigenvalue weighted by Gasteiger charge is 2.52. The standard InChI is InChI=1S/C19H21NO/c1-2-20(15-16-9-5-3-6-10-16)18(21)19(13-14-19)17-11-7-4-8-12-17/h3-12H,2,13-15H2,1H3. The third kappa shape index (κ3) is 2.71. The van der Waals surface area contributed by atoms with Gasteiger partial charge in [0.15, 0.2) is 0 Å². The summed E-state index contributed by atoms with van der Waals surface area (Å²) < 4.78 is 0. The van der Waals surface area contributed by atoms with Crippen LogP contribution >= 0.6 is 0 Å². The van der Waals surface area contributed by atoms with E-state index < -0.39 is 0 Å². The van der Waals surface area contributed by atoms with E-state index in [9.17, 15) is 4.79 Å². The number of nitrogens with zero attached hydrogens (tertiary/aromatic N) is 1. The van der Waals surface area contributed by atoms with Gasteiger partial charge in [-0.25, -0.2) is 0 Å². The molecule has 0 spiro atoms. The summed E-state index contributed by atoms with van der Waals surface area (Å²) in [6.45, 7) is 3.51. The first-order valence-electron chi connectivity index (χ1n) is 7.65. The van der Waals surface area contributed by atoms with E-state index in [1.807, 2.05) is 41.3 Å². The van der Waals surface area contributed by atoms with Gasteiger partial charge in [0, 0.05) is 13.1 Å². The molecule has 0 N–H and O–H groups in total. The zero-order valence-electron chi connectivity index (χ0n) is 12.5. The molecule has 21 heavy (non-hydrogen) atoms. The van der Waals surface area contributed by atoms with Crippen LogP contribution in [0.1, 0.15) is 30.9 Å². The largest absolute Gasteiger partial charge is 0.338 e. The average molecular weight is 279 g/mol. The number of likely N-dealkylation sites (N-methyl/N-ethyl adjacent to an activating group) is 1. The normalized spacial score (nSPS) is 15.5. The van der Waals surface area contributed by atoms with Crippen molar-refractivity contribution in [3.8, 4) is 0 Å². The number of hydrogen-bond acceptors (Lipinski definition) is 1. The molecular weight excluding hydrogens is 258 g/mol. The molecule has 0 atom stereocenters. The Bertz CT molecular complexity index is 602. The van der Waals surface area contributed by atoms with Crippen LogP contribution in [0.25, 0.3) is 0 Å². The molecule has 0 radical (unpaired) electrons. The van der Waals surface area contributed by atoms with Crippen LogP contribution in [0.15, 0.2) is 60.7 Å². The summed E-state index contributed by atoms with van der Waals surface area (Å²) in [6.07, 6.45) is 1.95. The molecule has 3 rings (SSSR count). The van der Waals surface area contributed by atoms with E-state index in [1.54, 1.807) is 0 Å². The van der Waals surface area contributed by atoms with Gasteiger partial charge in [-0.05, 0) is 30.9 Å². The van der Waals surface area contributed by atoms with Crippen molar-refractivity contribution in [1.82, 2.24) is 4.90 Å². The molecule has 2 heteroatoms. The molecule has 0 bridgehead atoms. The molecule has 1 aliphatic carbocycles. The van der Waals surface area contributed by atoms with Gasteiger partial charge in [0.25, 0.3) is 0 Å². The van der Waals surface area contributed by atoms with Gasteiger partial charge < -0.3 is 4.90 Å². The second-order valence-electron chi connectivity index (χ2n) is 5.75. The number of benzene rings is 2. The third-order valence-electron chi connectivity index (χ3n) is 4.37. The SMILES string of the molecule is CCN(Cc1ccccc1)C(=O)C1(c2ccccc2)CC1. The Morgan fingerprint density at radius 3 is 2.10 bits per heavy atom. The molecule has 0 aromatic heterocycles. The molecule has 0 heterocycles. The molecule has 0 aliphatic heterocycles. The van der Waals surface area contributed by atoms with Crippen molar-refractivity contribution in [1.29, 1.82) is 0 Å². The van der Waals surface area contributed by atoms with Crippen LogP contribution < -0.4 is 0 Å². The van der Waals surface area contributed by atoms with Gasteiger partial charge in [0.1, 0.15) is 0 Å². The maximum atomic E-state index is 13.0. The lowest BCUT2D eigenvalue weighted by atomic mass is 9.94. The molecule has 2 nitrogen and oxygen atoms in total. The van der Waals surface area contributed by atoms with Crippen LogP contribution in [-0.2, 0) is 16.8 Å². The highest BCUT2D eigenvalue weighted by molar-refractivity contribution is 5.91. The smallest absolute Gasteiger partial charge is 0.233 e. The highest BCUT2D eigenvalue weighted by Crippen LogP contribution is 2.49. The molecule has 1 aliphatic rings. The zero-order valence-corrected chi connectivity index (χ0v) is 12.5. The minimum Gasteiger partial charge on any atom is -0.338 e. The summed E-state index contributed by atoms with van der Waals surface area (Å²) >= 11 is 0. The Morgan fingerprint density at radius 2 is 1.57 bits per heavy atom. The lowest BCUT2D eigenvalue weighted by molar-refractivity contribution is -0.134. The molecule has 0 unspecified atom stereocenters. The summed E-state index contributed by atoms with van der Waals surface area (Å²) in [6, 6.07) is 20.4.